The molecule has 120 valence electrons. The van der Waals surface area contributed by atoms with Crippen LogP contribution in [0.1, 0.15) is 32.8 Å². The van der Waals surface area contributed by atoms with E-state index in [1.807, 2.05) is 26.8 Å². The summed E-state index contributed by atoms with van der Waals surface area (Å²) in [5.74, 6) is -0.118. The molecule has 0 amide bonds. The quantitative estimate of drug-likeness (QED) is 0.874. The maximum Gasteiger partial charge on any atom is 0.238 e. The molecule has 0 radical (unpaired) electrons. The van der Waals surface area contributed by atoms with Gasteiger partial charge in [-0.25, -0.2) is 14.4 Å². The van der Waals surface area contributed by atoms with E-state index in [1.165, 1.54) is 18.5 Å². The molecule has 2 rings (SSSR count). The van der Waals surface area contributed by atoms with Gasteiger partial charge < -0.3 is 10.1 Å². The average molecular weight is 335 g/mol. The third-order valence-corrected chi connectivity index (χ3v) is 3.67. The van der Waals surface area contributed by atoms with Crippen LogP contribution in [0.15, 0.2) is 24.5 Å². The highest BCUT2D eigenvalue weighted by atomic mass is 35.5. The Balaban J connectivity index is 2.30. The lowest BCUT2D eigenvalue weighted by atomic mass is 10.1. The fourth-order valence-corrected chi connectivity index (χ4v) is 1.84. The van der Waals surface area contributed by atoms with Crippen LogP contribution in [0.5, 0.6) is 5.88 Å². The summed E-state index contributed by atoms with van der Waals surface area (Å²) in [6, 6.07) is 5.95. The van der Waals surface area contributed by atoms with Gasteiger partial charge in [-0.2, -0.15) is 5.26 Å². The molecule has 23 heavy (non-hydrogen) atoms. The predicted molar refractivity (Wildman–Crippen MR) is 86.4 cm³/mol. The van der Waals surface area contributed by atoms with Gasteiger partial charge in [0.25, 0.3) is 0 Å². The Labute approximate surface area is 139 Å². The molecular weight excluding hydrogens is 319 g/mol. The second-order valence-electron chi connectivity index (χ2n) is 5.49. The molecule has 0 fully saturated rings. The van der Waals surface area contributed by atoms with Gasteiger partial charge in [-0.3, -0.25) is 0 Å². The SMILES string of the molecule is CCC(C)(C)Oc1ncnc(Nc2ccc(C#N)cc2F)c1Cl. The van der Waals surface area contributed by atoms with Crippen molar-refractivity contribution in [1.82, 2.24) is 9.97 Å². The minimum atomic E-state index is -0.574. The van der Waals surface area contributed by atoms with Crippen molar-refractivity contribution in [2.75, 3.05) is 5.32 Å². The molecule has 2 aromatic rings. The maximum atomic E-state index is 13.9. The molecule has 0 saturated carbocycles. The van der Waals surface area contributed by atoms with E-state index in [1.54, 1.807) is 0 Å². The van der Waals surface area contributed by atoms with Crippen LogP contribution in [0.25, 0.3) is 0 Å². The van der Waals surface area contributed by atoms with Crippen molar-refractivity contribution in [2.24, 2.45) is 0 Å². The van der Waals surface area contributed by atoms with Gasteiger partial charge in [0.05, 0.1) is 17.3 Å². The van der Waals surface area contributed by atoms with E-state index in [4.69, 9.17) is 21.6 Å². The number of halogens is 2. The van der Waals surface area contributed by atoms with Crippen LogP contribution in [0, 0.1) is 17.1 Å². The lowest BCUT2D eigenvalue weighted by Crippen LogP contribution is -2.27. The molecule has 1 N–H and O–H groups in total. The molecular formula is C16H16ClFN4O. The van der Waals surface area contributed by atoms with Crippen molar-refractivity contribution >= 4 is 23.1 Å². The third kappa shape index (κ3) is 4.08. The van der Waals surface area contributed by atoms with E-state index in [2.05, 4.69) is 15.3 Å². The third-order valence-electron chi connectivity index (χ3n) is 3.33. The molecule has 0 spiro atoms. The first-order chi connectivity index (χ1) is 10.9. The summed E-state index contributed by atoms with van der Waals surface area (Å²) in [6.07, 6.45) is 2.05. The average Bonchev–Trinajstić information content (AvgIpc) is 2.52. The number of nitrogens with one attached hydrogen (secondary N) is 1. The van der Waals surface area contributed by atoms with Gasteiger partial charge in [0.2, 0.25) is 5.88 Å². The Kier molecular flexibility index (Phi) is 5.02. The molecule has 1 aromatic carbocycles. The van der Waals surface area contributed by atoms with E-state index >= 15 is 0 Å². The normalized spacial score (nSPS) is 11.0. The second-order valence-corrected chi connectivity index (χ2v) is 5.87. The van der Waals surface area contributed by atoms with E-state index in [9.17, 15) is 4.39 Å². The number of ether oxygens (including phenoxy) is 1. The summed E-state index contributed by atoms with van der Waals surface area (Å²) in [4.78, 5) is 8.03. The number of rotatable bonds is 5. The van der Waals surface area contributed by atoms with Crippen LogP contribution in [0.2, 0.25) is 5.02 Å². The number of aromatic nitrogens is 2. The number of benzene rings is 1. The topological polar surface area (TPSA) is 70.8 Å². The Bertz CT molecular complexity index is 758. The van der Waals surface area contributed by atoms with Gasteiger partial charge in [0.1, 0.15) is 22.8 Å². The van der Waals surface area contributed by atoms with E-state index < -0.39 is 11.4 Å². The molecule has 1 aromatic heterocycles. The first-order valence-electron chi connectivity index (χ1n) is 7.02. The van der Waals surface area contributed by atoms with Crippen molar-refractivity contribution in [3.05, 3.63) is 40.9 Å². The molecule has 5 nitrogen and oxygen atoms in total. The van der Waals surface area contributed by atoms with Crippen LogP contribution in [-0.4, -0.2) is 15.6 Å². The monoisotopic (exact) mass is 334 g/mol. The molecule has 0 aliphatic rings. The molecule has 0 bridgehead atoms. The van der Waals surface area contributed by atoms with Crippen LogP contribution < -0.4 is 10.1 Å². The van der Waals surface area contributed by atoms with Gasteiger partial charge in [-0.05, 0) is 38.5 Å². The van der Waals surface area contributed by atoms with Crippen molar-refractivity contribution in [3.8, 4) is 11.9 Å². The number of hydrogen-bond acceptors (Lipinski definition) is 5. The lowest BCUT2D eigenvalue weighted by molar-refractivity contribution is 0.0990. The summed E-state index contributed by atoms with van der Waals surface area (Å²) in [7, 11) is 0. The smallest absolute Gasteiger partial charge is 0.238 e. The highest BCUT2D eigenvalue weighted by Gasteiger charge is 2.21. The van der Waals surface area contributed by atoms with E-state index in [0.717, 1.165) is 12.5 Å². The van der Waals surface area contributed by atoms with Crippen LogP contribution in [0.4, 0.5) is 15.9 Å². The Morgan fingerprint density at radius 2 is 2.13 bits per heavy atom. The summed E-state index contributed by atoms with van der Waals surface area (Å²) in [5.41, 5.74) is -0.0459. The lowest BCUT2D eigenvalue weighted by Gasteiger charge is -2.24. The van der Waals surface area contributed by atoms with Gasteiger partial charge in [0.15, 0.2) is 5.82 Å². The maximum absolute atomic E-state index is 13.9. The largest absolute Gasteiger partial charge is 0.470 e. The molecule has 0 atom stereocenters. The zero-order valence-corrected chi connectivity index (χ0v) is 13.8. The van der Waals surface area contributed by atoms with Crippen LogP contribution in [0.3, 0.4) is 0 Å². The van der Waals surface area contributed by atoms with Crippen molar-refractivity contribution in [3.63, 3.8) is 0 Å². The summed E-state index contributed by atoms with van der Waals surface area (Å²) >= 11 is 6.25. The van der Waals surface area contributed by atoms with Crippen molar-refractivity contribution in [2.45, 2.75) is 32.8 Å². The van der Waals surface area contributed by atoms with Gasteiger partial charge in [-0.15, -0.1) is 0 Å². The molecule has 1 heterocycles. The molecule has 0 aliphatic heterocycles. The second kappa shape index (κ2) is 6.80. The number of anilines is 2. The number of nitriles is 1. The number of nitrogens with zero attached hydrogens (tertiary/aromatic N) is 3. The summed E-state index contributed by atoms with van der Waals surface area (Å²) in [5, 5.41) is 11.7. The van der Waals surface area contributed by atoms with Crippen LogP contribution in [-0.2, 0) is 0 Å². The molecule has 0 saturated heterocycles. The first-order valence-corrected chi connectivity index (χ1v) is 7.40. The molecule has 0 aliphatic carbocycles. The fraction of sp³-hybridized carbons (Fsp3) is 0.312. The zero-order chi connectivity index (χ0) is 17.0. The minimum Gasteiger partial charge on any atom is -0.470 e. The standard InChI is InChI=1S/C16H16ClFN4O/c1-4-16(2,3)23-15-13(17)14(20-9-21-15)22-12-6-5-10(8-19)7-11(12)18/h5-7,9H,4H2,1-3H3,(H,20,21,22). The van der Waals surface area contributed by atoms with Crippen molar-refractivity contribution < 1.29 is 9.13 Å². The van der Waals surface area contributed by atoms with Gasteiger partial charge in [-0.1, -0.05) is 18.5 Å². The zero-order valence-electron chi connectivity index (χ0n) is 13.0. The van der Waals surface area contributed by atoms with Gasteiger partial charge >= 0.3 is 0 Å². The van der Waals surface area contributed by atoms with Crippen LogP contribution >= 0.6 is 11.6 Å². The molecule has 7 heteroatoms. The highest BCUT2D eigenvalue weighted by Crippen LogP contribution is 2.33. The number of hydrogen-bond donors (Lipinski definition) is 1. The fourth-order valence-electron chi connectivity index (χ4n) is 1.66. The summed E-state index contributed by atoms with van der Waals surface area (Å²) < 4.78 is 19.7. The summed E-state index contributed by atoms with van der Waals surface area (Å²) in [6.45, 7) is 5.82. The highest BCUT2D eigenvalue weighted by molar-refractivity contribution is 6.34. The Morgan fingerprint density at radius 3 is 2.74 bits per heavy atom. The van der Waals surface area contributed by atoms with E-state index in [0.29, 0.717) is 0 Å². The van der Waals surface area contributed by atoms with Gasteiger partial charge in [0, 0.05) is 0 Å². The Morgan fingerprint density at radius 1 is 1.39 bits per heavy atom. The van der Waals surface area contributed by atoms with E-state index in [-0.39, 0.29) is 28.0 Å². The first kappa shape index (κ1) is 17.0. The predicted octanol–water partition coefficient (Wildman–Crippen LogP) is 4.45. The van der Waals surface area contributed by atoms with Crippen molar-refractivity contribution in [1.29, 1.82) is 5.26 Å². The molecule has 0 unspecified atom stereocenters. The Hall–Kier alpha value is -2.39. The minimum absolute atomic E-state index is 0.158.